The average molecular weight is 525 g/mol. The lowest BCUT2D eigenvalue weighted by Crippen LogP contribution is -2.19. The monoisotopic (exact) mass is 524 g/mol. The van der Waals surface area contributed by atoms with E-state index in [0.29, 0.717) is 0 Å². The van der Waals surface area contributed by atoms with Crippen molar-refractivity contribution in [1.29, 1.82) is 0 Å². The first-order valence-corrected chi connectivity index (χ1v) is 13.5. The predicted octanol–water partition coefficient (Wildman–Crippen LogP) is 6.67. The molecule has 0 amide bonds. The molecule has 2 unspecified atom stereocenters. The highest BCUT2D eigenvalue weighted by atomic mass is 16.5. The van der Waals surface area contributed by atoms with Crippen LogP contribution in [0.3, 0.4) is 0 Å². The summed E-state index contributed by atoms with van der Waals surface area (Å²) < 4.78 is 5.60. The standard InChI is InChI=1S/C35H40O4/c1-24(37)23-39-32-20-18-31(19-21-32)35(4,5)30-16-10-27(11-17-30)33(38)26-8-14-29(15-9-26)34(2,3)28-12-6-25(22-36)7-13-28/h6-21,24,33,36-38H,22-23H2,1-5H3. The Morgan fingerprint density at radius 1 is 0.590 bits per heavy atom. The third-order valence-electron chi connectivity index (χ3n) is 7.82. The number of benzene rings is 4. The van der Waals surface area contributed by atoms with Gasteiger partial charge in [0, 0.05) is 10.8 Å². The molecule has 4 heteroatoms. The van der Waals surface area contributed by atoms with E-state index >= 15 is 0 Å². The van der Waals surface area contributed by atoms with Crippen LogP contribution in [-0.4, -0.2) is 28.0 Å². The summed E-state index contributed by atoms with van der Waals surface area (Å²) >= 11 is 0. The van der Waals surface area contributed by atoms with Gasteiger partial charge >= 0.3 is 0 Å². The first-order valence-electron chi connectivity index (χ1n) is 13.5. The zero-order valence-electron chi connectivity index (χ0n) is 23.6. The molecule has 0 aliphatic heterocycles. The molecule has 4 aromatic carbocycles. The summed E-state index contributed by atoms with van der Waals surface area (Å²) in [6.45, 7) is 10.7. The normalized spacial score (nSPS) is 13.6. The van der Waals surface area contributed by atoms with Crippen LogP contribution in [0, 0.1) is 0 Å². The van der Waals surface area contributed by atoms with Gasteiger partial charge in [-0.15, -0.1) is 0 Å². The van der Waals surface area contributed by atoms with Gasteiger partial charge in [0.25, 0.3) is 0 Å². The van der Waals surface area contributed by atoms with Crippen molar-refractivity contribution in [2.24, 2.45) is 0 Å². The molecule has 0 heterocycles. The van der Waals surface area contributed by atoms with Crippen LogP contribution in [-0.2, 0) is 17.4 Å². The van der Waals surface area contributed by atoms with Gasteiger partial charge in [-0.3, -0.25) is 0 Å². The molecule has 0 radical (unpaired) electrons. The van der Waals surface area contributed by atoms with Crippen molar-refractivity contribution in [3.05, 3.63) is 136 Å². The van der Waals surface area contributed by atoms with Crippen molar-refractivity contribution in [3.8, 4) is 5.75 Å². The van der Waals surface area contributed by atoms with Crippen molar-refractivity contribution in [2.45, 2.75) is 64.3 Å². The minimum Gasteiger partial charge on any atom is -0.491 e. The summed E-state index contributed by atoms with van der Waals surface area (Å²) in [7, 11) is 0. The molecule has 0 aromatic heterocycles. The fraction of sp³-hybridized carbons (Fsp3) is 0.314. The number of ether oxygens (including phenoxy) is 1. The van der Waals surface area contributed by atoms with Gasteiger partial charge < -0.3 is 20.1 Å². The van der Waals surface area contributed by atoms with E-state index in [4.69, 9.17) is 4.74 Å². The summed E-state index contributed by atoms with van der Waals surface area (Å²) in [5.41, 5.74) is 6.82. The second-order valence-electron chi connectivity index (χ2n) is 11.4. The lowest BCUT2D eigenvalue weighted by atomic mass is 9.77. The Morgan fingerprint density at radius 3 is 1.31 bits per heavy atom. The van der Waals surface area contributed by atoms with Gasteiger partial charge in [-0.05, 0) is 58.0 Å². The quantitative estimate of drug-likeness (QED) is 0.217. The maximum absolute atomic E-state index is 11.1. The molecule has 0 aliphatic rings. The largest absolute Gasteiger partial charge is 0.491 e. The maximum atomic E-state index is 11.1. The Hall–Kier alpha value is -3.44. The SMILES string of the molecule is CC(O)COc1ccc(C(C)(C)c2ccc(C(O)c3ccc(C(C)(C)c4ccc(CO)cc4)cc3)cc2)cc1. The van der Waals surface area contributed by atoms with E-state index < -0.39 is 12.2 Å². The molecule has 4 rings (SSSR count). The molecule has 0 spiro atoms. The molecule has 4 nitrogen and oxygen atoms in total. The highest BCUT2D eigenvalue weighted by Gasteiger charge is 2.25. The van der Waals surface area contributed by atoms with E-state index in [-0.39, 0.29) is 24.0 Å². The van der Waals surface area contributed by atoms with E-state index in [0.717, 1.165) is 39.1 Å². The molecule has 0 saturated carbocycles. The van der Waals surface area contributed by atoms with Crippen molar-refractivity contribution in [2.75, 3.05) is 6.61 Å². The number of hydrogen-bond acceptors (Lipinski definition) is 4. The summed E-state index contributed by atoms with van der Waals surface area (Å²) in [6, 6.07) is 32.4. The highest BCUT2D eigenvalue weighted by molar-refractivity contribution is 5.44. The second kappa shape index (κ2) is 11.7. The van der Waals surface area contributed by atoms with E-state index in [1.54, 1.807) is 6.92 Å². The smallest absolute Gasteiger partial charge is 0.119 e. The van der Waals surface area contributed by atoms with Crippen molar-refractivity contribution >= 4 is 0 Å². The van der Waals surface area contributed by atoms with Crippen molar-refractivity contribution in [1.82, 2.24) is 0 Å². The Morgan fingerprint density at radius 2 is 0.949 bits per heavy atom. The summed E-state index contributed by atoms with van der Waals surface area (Å²) in [5, 5.41) is 29.9. The molecule has 2 atom stereocenters. The molecule has 0 bridgehead atoms. The predicted molar refractivity (Wildman–Crippen MR) is 157 cm³/mol. The van der Waals surface area contributed by atoms with E-state index in [1.165, 1.54) is 5.56 Å². The molecule has 4 aromatic rings. The third-order valence-corrected chi connectivity index (χ3v) is 7.82. The Bertz CT molecular complexity index is 1330. The van der Waals surface area contributed by atoms with Crippen LogP contribution in [0.15, 0.2) is 97.1 Å². The lowest BCUT2D eigenvalue weighted by molar-refractivity contribution is 0.122. The van der Waals surface area contributed by atoms with Crippen LogP contribution in [0.2, 0.25) is 0 Å². The Labute approximate surface area is 232 Å². The van der Waals surface area contributed by atoms with Crippen molar-refractivity contribution < 1.29 is 20.1 Å². The van der Waals surface area contributed by atoms with E-state index in [2.05, 4.69) is 76.2 Å². The van der Waals surface area contributed by atoms with Crippen LogP contribution < -0.4 is 4.74 Å². The van der Waals surface area contributed by atoms with Crippen LogP contribution in [0.1, 0.15) is 79.7 Å². The van der Waals surface area contributed by atoms with Crippen LogP contribution in [0.4, 0.5) is 0 Å². The third kappa shape index (κ3) is 6.42. The van der Waals surface area contributed by atoms with Crippen LogP contribution in [0.25, 0.3) is 0 Å². The van der Waals surface area contributed by atoms with E-state index in [1.807, 2.05) is 48.5 Å². The van der Waals surface area contributed by atoms with Gasteiger partial charge in [0.15, 0.2) is 0 Å². The number of aliphatic hydroxyl groups excluding tert-OH is 3. The molecule has 204 valence electrons. The first kappa shape index (κ1) is 28.6. The van der Waals surface area contributed by atoms with Crippen LogP contribution >= 0.6 is 0 Å². The molecule has 39 heavy (non-hydrogen) atoms. The molecule has 0 fully saturated rings. The zero-order chi connectivity index (χ0) is 28.2. The molecule has 0 saturated heterocycles. The molecule has 3 N–H and O–H groups in total. The molecular formula is C35H40O4. The number of rotatable bonds is 10. The summed E-state index contributed by atoms with van der Waals surface area (Å²) in [5.74, 6) is 0.739. The van der Waals surface area contributed by atoms with Gasteiger partial charge in [0.2, 0.25) is 0 Å². The number of aliphatic hydroxyl groups is 3. The second-order valence-corrected chi connectivity index (χ2v) is 11.4. The van der Waals surface area contributed by atoms with Gasteiger partial charge in [-0.25, -0.2) is 0 Å². The lowest BCUT2D eigenvalue weighted by Gasteiger charge is -2.27. The Kier molecular flexibility index (Phi) is 8.60. The Balaban J connectivity index is 1.47. The molecule has 0 aliphatic carbocycles. The summed E-state index contributed by atoms with van der Waals surface area (Å²) in [6.07, 6.45) is -1.22. The number of hydrogen-bond donors (Lipinski definition) is 3. The van der Waals surface area contributed by atoms with E-state index in [9.17, 15) is 15.3 Å². The maximum Gasteiger partial charge on any atom is 0.119 e. The average Bonchev–Trinajstić information content (AvgIpc) is 2.96. The summed E-state index contributed by atoms with van der Waals surface area (Å²) in [4.78, 5) is 0. The van der Waals surface area contributed by atoms with Crippen molar-refractivity contribution in [3.63, 3.8) is 0 Å². The van der Waals surface area contributed by atoms with Gasteiger partial charge in [0.05, 0.1) is 12.7 Å². The fourth-order valence-electron chi connectivity index (χ4n) is 4.90. The highest BCUT2D eigenvalue weighted by Crippen LogP contribution is 2.35. The van der Waals surface area contributed by atoms with Gasteiger partial charge in [0.1, 0.15) is 18.5 Å². The van der Waals surface area contributed by atoms with Gasteiger partial charge in [-0.2, -0.15) is 0 Å². The molecular weight excluding hydrogens is 484 g/mol. The fourth-order valence-corrected chi connectivity index (χ4v) is 4.90. The van der Waals surface area contributed by atoms with Gasteiger partial charge in [-0.1, -0.05) is 113 Å². The zero-order valence-corrected chi connectivity index (χ0v) is 23.6. The van der Waals surface area contributed by atoms with Crippen LogP contribution in [0.5, 0.6) is 5.75 Å². The minimum absolute atomic E-state index is 0.0415. The topological polar surface area (TPSA) is 69.9 Å². The first-order chi connectivity index (χ1) is 18.5. The minimum atomic E-state index is -0.714.